The number of anilines is 3. The van der Waals surface area contributed by atoms with Gasteiger partial charge in [0.05, 0.1) is 5.41 Å². The zero-order valence-electron chi connectivity index (χ0n) is 35.9. The van der Waals surface area contributed by atoms with Crippen LogP contribution in [0.4, 0.5) is 17.1 Å². The molecule has 2 aliphatic rings. The van der Waals surface area contributed by atoms with Crippen LogP contribution in [0.1, 0.15) is 45.9 Å². The van der Waals surface area contributed by atoms with Crippen molar-refractivity contribution in [2.75, 3.05) is 4.90 Å². The zero-order chi connectivity index (χ0) is 43.1. The van der Waals surface area contributed by atoms with Crippen LogP contribution in [0.5, 0.6) is 0 Å². The van der Waals surface area contributed by atoms with Crippen LogP contribution in [-0.2, 0) is 10.8 Å². The number of fused-ring (bicyclic) bond motifs is 9. The van der Waals surface area contributed by atoms with Crippen LogP contribution in [0.25, 0.3) is 55.3 Å². The summed E-state index contributed by atoms with van der Waals surface area (Å²) in [6.45, 7) is 2.39. The second-order valence-electron chi connectivity index (χ2n) is 17.7. The van der Waals surface area contributed by atoms with Gasteiger partial charge in [-0.1, -0.05) is 188 Å². The summed E-state index contributed by atoms with van der Waals surface area (Å²) in [4.78, 5) is 2.42. The lowest BCUT2D eigenvalue weighted by molar-refractivity contribution is 0.669. The summed E-state index contributed by atoms with van der Waals surface area (Å²) in [6.07, 6.45) is 0. The topological polar surface area (TPSA) is 16.4 Å². The minimum atomic E-state index is -0.522. The second-order valence-corrected chi connectivity index (χ2v) is 17.7. The molecule has 10 aromatic carbocycles. The lowest BCUT2D eigenvalue weighted by Crippen LogP contribution is -2.28. The summed E-state index contributed by atoms with van der Waals surface area (Å²) in [5, 5.41) is 2.20. The first kappa shape index (κ1) is 37.4. The maximum Gasteiger partial charge on any atom is 0.135 e. The van der Waals surface area contributed by atoms with E-state index in [9.17, 15) is 0 Å². The molecule has 2 heteroatoms. The van der Waals surface area contributed by atoms with Gasteiger partial charge in [-0.2, -0.15) is 0 Å². The molecule has 306 valence electrons. The van der Waals surface area contributed by atoms with Crippen molar-refractivity contribution in [2.24, 2.45) is 0 Å². The molecule has 0 saturated heterocycles. The van der Waals surface area contributed by atoms with Crippen molar-refractivity contribution in [1.82, 2.24) is 0 Å². The van der Waals surface area contributed by atoms with E-state index < -0.39 is 5.41 Å². The molecule has 0 fully saturated rings. The van der Waals surface area contributed by atoms with E-state index in [4.69, 9.17) is 4.42 Å². The van der Waals surface area contributed by atoms with Crippen LogP contribution < -0.4 is 4.90 Å². The molecular weight excluding hydrogens is 787 g/mol. The molecule has 65 heavy (non-hydrogen) atoms. The quantitative estimate of drug-likeness (QED) is 0.159. The monoisotopic (exact) mass is 829 g/mol. The number of nitrogens with zero attached hydrogens (tertiary/aromatic N) is 1. The summed E-state index contributed by atoms with van der Waals surface area (Å²) in [5.74, 6) is 0. The largest absolute Gasteiger partial charge is 0.456 e. The first-order chi connectivity index (χ1) is 32.1. The average Bonchev–Trinajstić information content (AvgIpc) is 3.99. The fourth-order valence-electron chi connectivity index (χ4n) is 11.4. The normalized spacial score (nSPS) is 15.3. The highest BCUT2D eigenvalue weighted by molar-refractivity contribution is 6.06. The Morgan fingerprint density at radius 1 is 0.323 bits per heavy atom. The first-order valence-corrected chi connectivity index (χ1v) is 22.6. The molecule has 1 heterocycles. The molecule has 2 nitrogen and oxygen atoms in total. The van der Waals surface area contributed by atoms with E-state index in [1.807, 2.05) is 6.07 Å². The second kappa shape index (κ2) is 14.4. The van der Waals surface area contributed by atoms with E-state index in [1.165, 1.54) is 72.3 Å². The Bertz CT molecular complexity index is 3570. The molecule has 0 radical (unpaired) electrons. The van der Waals surface area contributed by atoms with Crippen molar-refractivity contribution in [1.29, 1.82) is 0 Å². The molecule has 11 aromatic rings. The first-order valence-electron chi connectivity index (χ1n) is 22.6. The standard InChI is InChI=1S/C63H43NO/c1-62(44-17-5-2-6-18-44)56-26-14-11-23-50(56)52-36-31-43(39-58(52)62)42-29-32-47(33-30-42)64(48-35-38-61-55(40-48)54-25-13-16-28-60(54)65-61)49-34-37-53-51-24-12-15-27-57(51)63(59(53)41-49,45-19-7-3-8-20-45)46-21-9-4-10-22-46/h2-41H,1H3. The number of para-hydroxylation sites is 1. The molecule has 0 saturated carbocycles. The Morgan fingerprint density at radius 3 is 1.54 bits per heavy atom. The van der Waals surface area contributed by atoms with Crippen molar-refractivity contribution in [3.8, 4) is 33.4 Å². The van der Waals surface area contributed by atoms with Gasteiger partial charge in [0.1, 0.15) is 11.2 Å². The van der Waals surface area contributed by atoms with Gasteiger partial charge in [0.15, 0.2) is 0 Å². The van der Waals surface area contributed by atoms with E-state index in [0.717, 1.165) is 39.0 Å². The number of hydrogen-bond acceptors (Lipinski definition) is 2. The minimum absolute atomic E-state index is 0.266. The molecule has 0 aliphatic heterocycles. The molecule has 2 aliphatic carbocycles. The number of hydrogen-bond donors (Lipinski definition) is 0. The van der Waals surface area contributed by atoms with Crippen molar-refractivity contribution >= 4 is 39.0 Å². The Balaban J connectivity index is 0.990. The zero-order valence-corrected chi connectivity index (χ0v) is 35.9. The van der Waals surface area contributed by atoms with E-state index in [0.29, 0.717) is 0 Å². The van der Waals surface area contributed by atoms with Gasteiger partial charge in [-0.25, -0.2) is 0 Å². The minimum Gasteiger partial charge on any atom is -0.456 e. The summed E-state index contributed by atoms with van der Waals surface area (Å²) in [5.41, 5.74) is 20.8. The van der Waals surface area contributed by atoms with Gasteiger partial charge in [0.2, 0.25) is 0 Å². The molecule has 0 amide bonds. The number of rotatable bonds is 7. The maximum absolute atomic E-state index is 6.36. The molecule has 1 atom stereocenters. The molecule has 1 aromatic heterocycles. The van der Waals surface area contributed by atoms with Gasteiger partial charge in [-0.3, -0.25) is 0 Å². The predicted octanol–water partition coefficient (Wildman–Crippen LogP) is 16.4. The van der Waals surface area contributed by atoms with Gasteiger partial charge < -0.3 is 9.32 Å². The van der Waals surface area contributed by atoms with Gasteiger partial charge in [-0.15, -0.1) is 0 Å². The predicted molar refractivity (Wildman–Crippen MR) is 269 cm³/mol. The molecule has 0 spiro atoms. The smallest absolute Gasteiger partial charge is 0.135 e. The summed E-state index contributed by atoms with van der Waals surface area (Å²) in [6, 6.07) is 89.2. The Morgan fingerprint density at radius 2 is 0.815 bits per heavy atom. The SMILES string of the molecule is CC1(c2ccccc2)c2ccccc2-c2ccc(-c3ccc(N(c4ccc5c(c4)C(c4ccccc4)(c4ccccc4)c4ccccc4-5)c4ccc5oc6ccccc6c5c4)cc3)cc21. The third-order valence-corrected chi connectivity index (χ3v) is 14.4. The van der Waals surface area contributed by atoms with Crippen LogP contribution >= 0.6 is 0 Å². The van der Waals surface area contributed by atoms with Crippen LogP contribution in [-0.4, -0.2) is 0 Å². The van der Waals surface area contributed by atoms with Crippen molar-refractivity contribution < 1.29 is 4.42 Å². The Kier molecular flexibility index (Phi) is 8.29. The van der Waals surface area contributed by atoms with Gasteiger partial charge >= 0.3 is 0 Å². The van der Waals surface area contributed by atoms with Crippen molar-refractivity contribution in [2.45, 2.75) is 17.8 Å². The van der Waals surface area contributed by atoms with Gasteiger partial charge in [-0.05, 0) is 134 Å². The third kappa shape index (κ3) is 5.47. The lowest BCUT2D eigenvalue weighted by Gasteiger charge is -2.35. The number of benzene rings is 10. The van der Waals surface area contributed by atoms with E-state index in [2.05, 4.69) is 248 Å². The maximum atomic E-state index is 6.36. The molecule has 13 rings (SSSR count). The van der Waals surface area contributed by atoms with Crippen LogP contribution in [0.2, 0.25) is 0 Å². The van der Waals surface area contributed by atoms with Crippen molar-refractivity contribution in [3.63, 3.8) is 0 Å². The van der Waals surface area contributed by atoms with Gasteiger partial charge in [0, 0.05) is 33.2 Å². The summed E-state index contributed by atoms with van der Waals surface area (Å²) < 4.78 is 6.36. The molecule has 0 N–H and O–H groups in total. The fraction of sp³-hybridized carbons (Fsp3) is 0.0476. The van der Waals surface area contributed by atoms with E-state index in [-0.39, 0.29) is 5.41 Å². The van der Waals surface area contributed by atoms with Crippen LogP contribution in [0.15, 0.2) is 247 Å². The molecule has 1 unspecified atom stereocenters. The average molecular weight is 830 g/mol. The Hall–Kier alpha value is -8.20. The highest BCUT2D eigenvalue weighted by atomic mass is 16.3. The summed E-state index contributed by atoms with van der Waals surface area (Å²) >= 11 is 0. The van der Waals surface area contributed by atoms with Gasteiger partial charge in [0.25, 0.3) is 0 Å². The van der Waals surface area contributed by atoms with Crippen LogP contribution in [0, 0.1) is 0 Å². The van der Waals surface area contributed by atoms with Crippen molar-refractivity contribution in [3.05, 3.63) is 282 Å². The number of furan rings is 1. The lowest BCUT2D eigenvalue weighted by atomic mass is 9.67. The Labute approximate surface area is 379 Å². The fourth-order valence-corrected chi connectivity index (χ4v) is 11.4. The summed E-state index contributed by atoms with van der Waals surface area (Å²) in [7, 11) is 0. The molecular formula is C63H43NO. The molecule has 0 bridgehead atoms. The van der Waals surface area contributed by atoms with E-state index in [1.54, 1.807) is 0 Å². The third-order valence-electron chi connectivity index (χ3n) is 14.4. The van der Waals surface area contributed by atoms with Crippen LogP contribution in [0.3, 0.4) is 0 Å². The highest BCUT2D eigenvalue weighted by Gasteiger charge is 2.46. The van der Waals surface area contributed by atoms with E-state index >= 15 is 0 Å². The highest BCUT2D eigenvalue weighted by Crippen LogP contribution is 2.58.